The molecule has 0 aromatic rings. The minimum Gasteiger partial charge on any atom is -0.444 e. The van der Waals surface area contributed by atoms with Gasteiger partial charge in [-0.05, 0) is 48.0 Å². The molecule has 0 saturated carbocycles. The molecule has 0 unspecified atom stereocenters. The summed E-state index contributed by atoms with van der Waals surface area (Å²) < 4.78 is 11.5. The van der Waals surface area contributed by atoms with Gasteiger partial charge in [-0.2, -0.15) is 0 Å². The molecule has 1 aliphatic heterocycles. The van der Waals surface area contributed by atoms with E-state index in [0.717, 1.165) is 19.3 Å². The van der Waals surface area contributed by atoms with Gasteiger partial charge in [0.15, 0.2) is 0 Å². The van der Waals surface area contributed by atoms with Crippen LogP contribution in [0.3, 0.4) is 0 Å². The average molecular weight is 271 g/mol. The van der Waals surface area contributed by atoms with E-state index >= 15 is 0 Å². The van der Waals surface area contributed by atoms with Crippen LogP contribution < -0.4 is 0 Å². The predicted molar refractivity (Wildman–Crippen MR) is 76.0 cm³/mol. The van der Waals surface area contributed by atoms with E-state index in [-0.39, 0.29) is 18.2 Å². The molecule has 1 amide bonds. The molecule has 1 aliphatic rings. The fourth-order valence-electron chi connectivity index (χ4n) is 2.64. The Morgan fingerprint density at radius 3 is 2.42 bits per heavy atom. The first-order valence-corrected chi connectivity index (χ1v) is 7.28. The summed E-state index contributed by atoms with van der Waals surface area (Å²) in [5, 5.41) is 0. The fraction of sp³-hybridized carbons (Fsp3) is 0.933. The quantitative estimate of drug-likeness (QED) is 0.780. The van der Waals surface area contributed by atoms with Crippen molar-refractivity contribution in [2.45, 2.75) is 91.2 Å². The van der Waals surface area contributed by atoms with E-state index in [2.05, 4.69) is 6.92 Å². The molecule has 1 saturated heterocycles. The monoisotopic (exact) mass is 271 g/mol. The third-order valence-electron chi connectivity index (χ3n) is 3.37. The Balaban J connectivity index is 2.87. The van der Waals surface area contributed by atoms with Crippen LogP contribution in [-0.4, -0.2) is 34.5 Å². The van der Waals surface area contributed by atoms with Crippen LogP contribution in [0.5, 0.6) is 0 Å². The van der Waals surface area contributed by atoms with Crippen LogP contribution >= 0.6 is 0 Å². The van der Waals surface area contributed by atoms with E-state index in [0.29, 0.717) is 0 Å². The van der Waals surface area contributed by atoms with E-state index < -0.39 is 11.3 Å². The average Bonchev–Trinajstić information content (AvgIpc) is 2.42. The Morgan fingerprint density at radius 2 is 1.95 bits per heavy atom. The van der Waals surface area contributed by atoms with Crippen molar-refractivity contribution in [3.63, 3.8) is 0 Å². The Labute approximate surface area is 117 Å². The molecular formula is C15H29NO3. The van der Waals surface area contributed by atoms with Crippen molar-refractivity contribution in [2.24, 2.45) is 0 Å². The number of carbonyl (C=O) groups excluding carboxylic acids is 1. The molecule has 4 heteroatoms. The number of ether oxygens (including phenoxy) is 2. The zero-order valence-electron chi connectivity index (χ0n) is 13.4. The minimum atomic E-state index is -0.597. The highest BCUT2D eigenvalue weighted by Gasteiger charge is 2.49. The van der Waals surface area contributed by atoms with Crippen LogP contribution in [0.2, 0.25) is 0 Å². The summed E-state index contributed by atoms with van der Waals surface area (Å²) in [6.07, 6.45) is 2.94. The summed E-state index contributed by atoms with van der Waals surface area (Å²) in [7, 11) is 0. The number of rotatable bonds is 3. The molecule has 0 radical (unpaired) electrons. The van der Waals surface area contributed by atoms with Crippen LogP contribution in [0.25, 0.3) is 0 Å². The molecule has 0 spiro atoms. The molecule has 0 N–H and O–H groups in total. The number of unbranched alkanes of at least 4 members (excludes halogenated alkanes) is 1. The summed E-state index contributed by atoms with van der Waals surface area (Å²) in [6.45, 7) is 13.7. The Bertz CT molecular complexity index is 320. The van der Waals surface area contributed by atoms with Crippen molar-refractivity contribution in [2.75, 3.05) is 0 Å². The number of carbonyl (C=O) groups is 1. The summed E-state index contributed by atoms with van der Waals surface area (Å²) in [6, 6.07) is 0.102. The van der Waals surface area contributed by atoms with Gasteiger partial charge in [0, 0.05) is 0 Å². The molecule has 0 aliphatic carbocycles. The van der Waals surface area contributed by atoms with Crippen molar-refractivity contribution >= 4 is 6.09 Å². The molecule has 112 valence electrons. The summed E-state index contributed by atoms with van der Waals surface area (Å²) >= 11 is 0. The lowest BCUT2D eigenvalue weighted by molar-refractivity contribution is -0.0757. The Morgan fingerprint density at radius 1 is 1.37 bits per heavy atom. The maximum atomic E-state index is 12.4. The van der Waals surface area contributed by atoms with Gasteiger partial charge in [0.1, 0.15) is 11.3 Å². The summed E-state index contributed by atoms with van der Waals surface area (Å²) in [5.41, 5.74) is -1.07. The van der Waals surface area contributed by atoms with Gasteiger partial charge < -0.3 is 9.47 Å². The second kappa shape index (κ2) is 5.70. The molecule has 4 nitrogen and oxygen atoms in total. The van der Waals surface area contributed by atoms with Gasteiger partial charge in [0.05, 0.1) is 12.1 Å². The molecule has 0 aromatic heterocycles. The first-order valence-electron chi connectivity index (χ1n) is 7.28. The third-order valence-corrected chi connectivity index (χ3v) is 3.37. The second-order valence-corrected chi connectivity index (χ2v) is 6.83. The van der Waals surface area contributed by atoms with Crippen molar-refractivity contribution in [1.82, 2.24) is 4.90 Å². The zero-order valence-corrected chi connectivity index (χ0v) is 13.4. The predicted octanol–water partition coefficient (Wildman–Crippen LogP) is 3.94. The number of amides is 1. The van der Waals surface area contributed by atoms with Crippen LogP contribution in [0.4, 0.5) is 4.79 Å². The highest BCUT2D eigenvalue weighted by atomic mass is 16.6. The highest BCUT2D eigenvalue weighted by molar-refractivity contribution is 5.69. The SMILES string of the molecule is CCCC[C@@H]1[C@@H](C)OC(C)(C)N1C(=O)OC(C)(C)C. The van der Waals surface area contributed by atoms with Gasteiger partial charge in [-0.3, -0.25) is 4.90 Å². The van der Waals surface area contributed by atoms with E-state index in [9.17, 15) is 4.79 Å². The van der Waals surface area contributed by atoms with Crippen molar-refractivity contribution < 1.29 is 14.3 Å². The van der Waals surface area contributed by atoms with Gasteiger partial charge in [0.25, 0.3) is 0 Å². The van der Waals surface area contributed by atoms with Gasteiger partial charge in [-0.15, -0.1) is 0 Å². The van der Waals surface area contributed by atoms with E-state index in [1.807, 2.05) is 41.5 Å². The number of nitrogens with zero attached hydrogens (tertiary/aromatic N) is 1. The lowest BCUT2D eigenvalue weighted by atomic mass is 10.0. The van der Waals surface area contributed by atoms with Gasteiger partial charge in [0.2, 0.25) is 0 Å². The largest absolute Gasteiger partial charge is 0.444 e. The lowest BCUT2D eigenvalue weighted by Crippen LogP contribution is -2.50. The summed E-state index contributed by atoms with van der Waals surface area (Å²) in [4.78, 5) is 14.2. The van der Waals surface area contributed by atoms with Crippen LogP contribution in [0.1, 0.15) is 67.7 Å². The smallest absolute Gasteiger partial charge is 0.412 e. The Kier molecular flexibility index (Phi) is 4.88. The molecule has 1 rings (SSSR count). The standard InChI is InChI=1S/C15H29NO3/c1-8-9-10-12-11(2)18-15(6,7)16(12)13(17)19-14(3,4)5/h11-12H,8-10H2,1-7H3/t11-,12-/m1/s1. The van der Waals surface area contributed by atoms with Gasteiger partial charge in [-0.1, -0.05) is 19.8 Å². The Hall–Kier alpha value is -0.770. The first kappa shape index (κ1) is 16.3. The normalized spacial score (nSPS) is 26.6. The fourth-order valence-corrected chi connectivity index (χ4v) is 2.64. The van der Waals surface area contributed by atoms with E-state index in [1.165, 1.54) is 0 Å². The van der Waals surface area contributed by atoms with Crippen LogP contribution in [0, 0.1) is 0 Å². The minimum absolute atomic E-state index is 0.0501. The first-order chi connectivity index (χ1) is 8.58. The van der Waals surface area contributed by atoms with Crippen molar-refractivity contribution in [3.05, 3.63) is 0 Å². The van der Waals surface area contributed by atoms with Gasteiger partial charge in [-0.25, -0.2) is 4.79 Å². The van der Waals surface area contributed by atoms with Crippen molar-refractivity contribution in [3.8, 4) is 0 Å². The molecular weight excluding hydrogens is 242 g/mol. The topological polar surface area (TPSA) is 38.8 Å². The molecule has 0 aromatic carbocycles. The second-order valence-electron chi connectivity index (χ2n) is 6.83. The molecule has 19 heavy (non-hydrogen) atoms. The van der Waals surface area contributed by atoms with E-state index in [1.54, 1.807) is 4.90 Å². The van der Waals surface area contributed by atoms with Crippen LogP contribution in [-0.2, 0) is 9.47 Å². The molecule has 1 fully saturated rings. The maximum absolute atomic E-state index is 12.4. The van der Waals surface area contributed by atoms with Crippen LogP contribution in [0.15, 0.2) is 0 Å². The number of hydrogen-bond acceptors (Lipinski definition) is 3. The maximum Gasteiger partial charge on any atom is 0.412 e. The number of hydrogen-bond donors (Lipinski definition) is 0. The van der Waals surface area contributed by atoms with Gasteiger partial charge >= 0.3 is 6.09 Å². The zero-order chi connectivity index (χ0) is 14.8. The highest BCUT2D eigenvalue weighted by Crippen LogP contribution is 2.35. The molecule has 0 bridgehead atoms. The molecule has 1 heterocycles. The lowest BCUT2D eigenvalue weighted by Gasteiger charge is -2.35. The molecule has 2 atom stereocenters. The van der Waals surface area contributed by atoms with E-state index in [4.69, 9.17) is 9.47 Å². The van der Waals surface area contributed by atoms with Crippen molar-refractivity contribution in [1.29, 1.82) is 0 Å². The third kappa shape index (κ3) is 4.10. The summed E-state index contributed by atoms with van der Waals surface area (Å²) in [5.74, 6) is 0.